The number of furan rings is 1. The van der Waals surface area contributed by atoms with Crippen molar-refractivity contribution in [3.8, 4) is 6.07 Å². The van der Waals surface area contributed by atoms with E-state index in [2.05, 4.69) is 22.0 Å². The predicted octanol–water partition coefficient (Wildman–Crippen LogP) is 5.87. The quantitative estimate of drug-likeness (QED) is 0.332. The van der Waals surface area contributed by atoms with Crippen LogP contribution in [0.5, 0.6) is 0 Å². The van der Waals surface area contributed by atoms with Gasteiger partial charge < -0.3 is 14.3 Å². The summed E-state index contributed by atoms with van der Waals surface area (Å²) in [6.07, 6.45) is 1.01. The Bertz CT molecular complexity index is 1230. The average Bonchev–Trinajstić information content (AvgIpc) is 3.38. The number of ether oxygens (including phenoxy) is 1. The molecular formula is C26H20BrNO5. The van der Waals surface area contributed by atoms with Gasteiger partial charge in [0.05, 0.1) is 17.9 Å². The number of allylic oxidation sites excluding steroid dienone is 1. The lowest BCUT2D eigenvalue weighted by Crippen LogP contribution is -2.41. The number of aliphatic hydroxyl groups excluding tert-OH is 1. The number of carbonyl (C=O) groups is 2. The summed E-state index contributed by atoms with van der Waals surface area (Å²) >= 11 is 3.39. The molecule has 1 aromatic heterocycles. The Morgan fingerprint density at radius 2 is 1.85 bits per heavy atom. The second-order valence-corrected chi connectivity index (χ2v) is 8.78. The van der Waals surface area contributed by atoms with Gasteiger partial charge >= 0.3 is 5.97 Å². The highest BCUT2D eigenvalue weighted by molar-refractivity contribution is 9.10. The zero-order chi connectivity index (χ0) is 23.4. The molecular weight excluding hydrogens is 486 g/mol. The molecule has 4 rings (SSSR count). The highest BCUT2D eigenvalue weighted by Crippen LogP contribution is 2.51. The molecule has 0 unspecified atom stereocenters. The van der Waals surface area contributed by atoms with E-state index in [-0.39, 0.29) is 36.5 Å². The van der Waals surface area contributed by atoms with E-state index in [0.717, 1.165) is 10.0 Å². The van der Waals surface area contributed by atoms with E-state index in [9.17, 15) is 20.0 Å². The van der Waals surface area contributed by atoms with E-state index in [0.29, 0.717) is 5.56 Å². The first-order valence-corrected chi connectivity index (χ1v) is 11.1. The summed E-state index contributed by atoms with van der Waals surface area (Å²) in [6.45, 7) is 0.0122. The molecule has 0 bridgehead atoms. The summed E-state index contributed by atoms with van der Waals surface area (Å²) in [4.78, 5) is 26.4. The molecule has 0 amide bonds. The lowest BCUT2D eigenvalue weighted by atomic mass is 9.61. The van der Waals surface area contributed by atoms with Gasteiger partial charge in [0.1, 0.15) is 17.8 Å². The topological polar surface area (TPSA) is 101 Å². The first kappa shape index (κ1) is 22.6. The van der Waals surface area contributed by atoms with Crippen LogP contribution in [-0.2, 0) is 16.1 Å². The molecule has 1 aliphatic carbocycles. The Labute approximate surface area is 199 Å². The van der Waals surface area contributed by atoms with Crippen molar-refractivity contribution >= 4 is 27.7 Å². The number of hydrogen-bond donors (Lipinski definition) is 1. The van der Waals surface area contributed by atoms with Crippen molar-refractivity contribution < 1.29 is 23.8 Å². The molecule has 0 spiro atoms. The Kier molecular flexibility index (Phi) is 6.47. The van der Waals surface area contributed by atoms with Gasteiger partial charge in [0, 0.05) is 23.2 Å². The summed E-state index contributed by atoms with van der Waals surface area (Å²) in [7, 11) is 0. The van der Waals surface area contributed by atoms with Gasteiger partial charge in [-0.2, -0.15) is 5.26 Å². The molecule has 1 N–H and O–H groups in total. The molecule has 0 fully saturated rings. The number of Topliss-reactive ketones (excluding diaryl/α,β-unsaturated/α-hetero) is 1. The van der Waals surface area contributed by atoms with Gasteiger partial charge in [-0.15, -0.1) is 0 Å². The highest BCUT2D eigenvalue weighted by Gasteiger charge is 2.53. The molecule has 0 saturated heterocycles. The third-order valence-corrected chi connectivity index (χ3v) is 6.41. The van der Waals surface area contributed by atoms with Crippen molar-refractivity contribution in [3.05, 3.63) is 106 Å². The second kappa shape index (κ2) is 9.47. The number of carbonyl (C=O) groups excluding carboxylic acids is 2. The Balaban J connectivity index is 1.71. The molecule has 6 nitrogen and oxygen atoms in total. The fourth-order valence-electron chi connectivity index (χ4n) is 4.13. The monoisotopic (exact) mass is 505 g/mol. The first-order valence-electron chi connectivity index (χ1n) is 10.3. The number of hydrogen-bond acceptors (Lipinski definition) is 6. The largest absolute Gasteiger partial charge is 0.512 e. The number of nitriles is 1. The van der Waals surface area contributed by atoms with Crippen LogP contribution in [0.15, 0.2) is 93.2 Å². The number of nitrogens with zero attached hydrogens (tertiary/aromatic N) is 1. The molecule has 0 radical (unpaired) electrons. The van der Waals surface area contributed by atoms with Crippen LogP contribution in [0.4, 0.5) is 0 Å². The SMILES string of the molecule is N#C[C@@]1(C(=O)c2ccco2)CC(C(=O)OCc2ccccc2)=C(O)C[C@H]1c1ccc(Br)cc1. The lowest BCUT2D eigenvalue weighted by molar-refractivity contribution is -0.141. The van der Waals surface area contributed by atoms with Crippen LogP contribution in [0.1, 0.15) is 40.4 Å². The maximum atomic E-state index is 13.5. The van der Waals surface area contributed by atoms with Crippen molar-refractivity contribution in [2.75, 3.05) is 0 Å². The number of aliphatic hydroxyl groups is 1. The Morgan fingerprint density at radius 3 is 2.48 bits per heavy atom. The minimum Gasteiger partial charge on any atom is -0.512 e. The van der Waals surface area contributed by atoms with Gasteiger partial charge in [-0.3, -0.25) is 4.79 Å². The van der Waals surface area contributed by atoms with Gasteiger partial charge in [0.2, 0.25) is 5.78 Å². The fraction of sp³-hybridized carbons (Fsp3) is 0.192. The van der Waals surface area contributed by atoms with E-state index in [1.165, 1.54) is 12.3 Å². The van der Waals surface area contributed by atoms with Crippen LogP contribution in [0, 0.1) is 16.7 Å². The normalized spacial score (nSPS) is 20.2. The van der Waals surface area contributed by atoms with Crippen molar-refractivity contribution in [3.63, 3.8) is 0 Å². The molecule has 3 aromatic rings. The Hall–Kier alpha value is -3.63. The molecule has 2 atom stereocenters. The third kappa shape index (κ3) is 4.48. The maximum absolute atomic E-state index is 13.5. The van der Waals surface area contributed by atoms with Crippen LogP contribution < -0.4 is 0 Å². The highest BCUT2D eigenvalue weighted by atomic mass is 79.9. The molecule has 2 aromatic carbocycles. The van der Waals surface area contributed by atoms with E-state index < -0.39 is 23.1 Å². The molecule has 7 heteroatoms. The van der Waals surface area contributed by atoms with E-state index in [1.807, 2.05) is 30.3 Å². The molecule has 166 valence electrons. The summed E-state index contributed by atoms with van der Waals surface area (Å²) in [5, 5.41) is 21.1. The summed E-state index contributed by atoms with van der Waals surface area (Å²) < 4.78 is 11.5. The fourth-order valence-corrected chi connectivity index (χ4v) is 4.39. The van der Waals surface area contributed by atoms with Crippen LogP contribution in [-0.4, -0.2) is 16.9 Å². The van der Waals surface area contributed by atoms with Crippen LogP contribution in [0.2, 0.25) is 0 Å². The van der Waals surface area contributed by atoms with Gasteiger partial charge in [-0.1, -0.05) is 58.4 Å². The minimum atomic E-state index is -1.65. The van der Waals surface area contributed by atoms with E-state index in [1.54, 1.807) is 30.3 Å². The molecule has 0 saturated carbocycles. The maximum Gasteiger partial charge on any atom is 0.337 e. The van der Waals surface area contributed by atoms with Crippen LogP contribution in [0.3, 0.4) is 0 Å². The number of ketones is 1. The zero-order valence-corrected chi connectivity index (χ0v) is 19.1. The molecule has 33 heavy (non-hydrogen) atoms. The van der Waals surface area contributed by atoms with Crippen LogP contribution >= 0.6 is 15.9 Å². The number of halogens is 1. The lowest BCUT2D eigenvalue weighted by Gasteiger charge is -2.37. The standard InChI is InChI=1S/C26H20BrNO5/c27-19-10-8-18(9-11-19)21-13-22(29)20(25(31)33-15-17-5-2-1-3-6-17)14-26(21,16-28)24(30)23-7-4-12-32-23/h1-12,21,29H,13-15H2/t21-,26-/m0/s1. The summed E-state index contributed by atoms with van der Waals surface area (Å²) in [5.74, 6) is -2.13. The van der Waals surface area contributed by atoms with Crippen LogP contribution in [0.25, 0.3) is 0 Å². The van der Waals surface area contributed by atoms with Crippen molar-refractivity contribution in [2.45, 2.75) is 25.4 Å². The smallest absolute Gasteiger partial charge is 0.337 e. The molecule has 1 heterocycles. The zero-order valence-electron chi connectivity index (χ0n) is 17.5. The molecule has 0 aliphatic heterocycles. The average molecular weight is 506 g/mol. The first-order chi connectivity index (χ1) is 15.9. The van der Waals surface area contributed by atoms with E-state index >= 15 is 0 Å². The number of rotatable bonds is 6. The number of benzene rings is 2. The summed E-state index contributed by atoms with van der Waals surface area (Å²) in [5.41, 5.74) is -0.240. The van der Waals surface area contributed by atoms with Gasteiger partial charge in [-0.25, -0.2) is 4.79 Å². The minimum absolute atomic E-state index is 0.0122. The Morgan fingerprint density at radius 1 is 1.12 bits per heavy atom. The third-order valence-electron chi connectivity index (χ3n) is 5.88. The van der Waals surface area contributed by atoms with E-state index in [4.69, 9.17) is 9.15 Å². The summed E-state index contributed by atoms with van der Waals surface area (Å²) in [6, 6.07) is 21.6. The predicted molar refractivity (Wildman–Crippen MR) is 123 cm³/mol. The van der Waals surface area contributed by atoms with Crippen molar-refractivity contribution in [2.24, 2.45) is 5.41 Å². The second-order valence-electron chi connectivity index (χ2n) is 7.86. The van der Waals surface area contributed by atoms with Gasteiger partial charge in [0.15, 0.2) is 5.76 Å². The van der Waals surface area contributed by atoms with Gasteiger partial charge in [0.25, 0.3) is 0 Å². The molecule has 1 aliphatic rings. The van der Waals surface area contributed by atoms with Gasteiger partial charge in [-0.05, 0) is 35.4 Å². The van der Waals surface area contributed by atoms with Crippen molar-refractivity contribution in [1.29, 1.82) is 5.26 Å². The number of esters is 1. The van der Waals surface area contributed by atoms with Crippen molar-refractivity contribution in [1.82, 2.24) is 0 Å².